The molecule has 0 aliphatic rings. The highest BCUT2D eigenvalue weighted by Gasteiger charge is 2.65. The number of esters is 2. The molecule has 0 aliphatic carbocycles. The number of aliphatic hydroxyl groups is 1. The van der Waals surface area contributed by atoms with Crippen LogP contribution >= 0.6 is 0 Å². The minimum absolute atomic E-state index is 0.144. The third-order valence-electron chi connectivity index (χ3n) is 5.30. The Morgan fingerprint density at radius 2 is 1.39 bits per heavy atom. The predicted molar refractivity (Wildman–Crippen MR) is 121 cm³/mol. The van der Waals surface area contributed by atoms with Crippen LogP contribution in [0.5, 0.6) is 0 Å². The van der Waals surface area contributed by atoms with Crippen LogP contribution in [-0.2, 0) is 24.7 Å². The van der Waals surface area contributed by atoms with E-state index in [0.29, 0.717) is 12.1 Å². The lowest BCUT2D eigenvalue weighted by Crippen LogP contribution is -2.69. The summed E-state index contributed by atoms with van der Waals surface area (Å²) in [6.07, 6.45) is -11.2. The maximum atomic E-state index is 14.5. The Kier molecular flexibility index (Phi) is 9.04. The number of alkyl halides is 6. The highest BCUT2D eigenvalue weighted by molar-refractivity contribution is 5.99. The predicted octanol–water partition coefficient (Wildman–Crippen LogP) is 3.97. The maximum absolute atomic E-state index is 14.5. The number of ether oxygens (including phenoxy) is 2. The third kappa shape index (κ3) is 5.85. The topological polar surface area (TPSA) is 114 Å². The van der Waals surface area contributed by atoms with Gasteiger partial charge in [0, 0.05) is 16.8 Å². The van der Waals surface area contributed by atoms with E-state index >= 15 is 0 Å². The van der Waals surface area contributed by atoms with Crippen LogP contribution in [0.25, 0.3) is 0 Å². The fourth-order valence-electron chi connectivity index (χ4n) is 3.28. The quantitative estimate of drug-likeness (QED) is 0.246. The molecule has 0 bridgehead atoms. The molecule has 14 heteroatoms. The second kappa shape index (κ2) is 11.3. The summed E-state index contributed by atoms with van der Waals surface area (Å²) in [7, 11) is 0. The first-order valence-corrected chi connectivity index (χ1v) is 11.0. The molecule has 38 heavy (non-hydrogen) atoms. The van der Waals surface area contributed by atoms with Crippen LogP contribution in [0.4, 0.5) is 32.0 Å². The fraction of sp³-hybridized carbons (Fsp3) is 0.375. The van der Waals surface area contributed by atoms with Crippen molar-refractivity contribution >= 4 is 23.5 Å². The zero-order valence-electron chi connectivity index (χ0n) is 20.3. The molecular weight excluding hydrogens is 526 g/mol. The van der Waals surface area contributed by atoms with Crippen LogP contribution in [0.15, 0.2) is 48.5 Å². The molecule has 0 fully saturated rings. The van der Waals surface area contributed by atoms with Crippen LogP contribution in [0.1, 0.15) is 35.3 Å². The lowest BCUT2D eigenvalue weighted by molar-refractivity contribution is -0.267. The minimum atomic E-state index is -5.64. The lowest BCUT2D eigenvalue weighted by Gasteiger charge is -2.36. The second-order valence-electron chi connectivity index (χ2n) is 7.87. The van der Waals surface area contributed by atoms with Gasteiger partial charge in [-0.15, -0.1) is 0 Å². The number of rotatable bonds is 9. The Labute approximate surface area is 212 Å². The summed E-state index contributed by atoms with van der Waals surface area (Å²) in [6.45, 7) is 2.47. The van der Waals surface area contributed by atoms with Crippen LogP contribution in [0, 0.1) is 6.92 Å². The molecule has 2 rings (SSSR count). The van der Waals surface area contributed by atoms with E-state index in [0.717, 1.165) is 18.2 Å². The first-order chi connectivity index (χ1) is 17.5. The maximum Gasteiger partial charge on any atom is 0.441 e. The van der Waals surface area contributed by atoms with Crippen molar-refractivity contribution in [1.29, 1.82) is 0 Å². The standard InChI is InChI=1S/C24H24F6N2O6/c1-4-37-19(34)21(36,23(25,26)27)16-12-11-14(3)17(13-16)31-22(24(28,29)30,20(35)38-5-2)32-18(33)15-9-7-6-8-10-15/h6-13,31,36H,4-5H2,1-3H3,(H,32,33). The van der Waals surface area contributed by atoms with Crippen LogP contribution in [0.3, 0.4) is 0 Å². The van der Waals surface area contributed by atoms with Crippen LogP contribution < -0.4 is 10.6 Å². The molecule has 0 radical (unpaired) electrons. The molecule has 0 aliphatic heterocycles. The van der Waals surface area contributed by atoms with Crippen molar-refractivity contribution in [2.45, 2.75) is 44.4 Å². The number of anilines is 1. The normalized spacial score (nSPS) is 15.0. The summed E-state index contributed by atoms with van der Waals surface area (Å²) < 4.78 is 93.9. The first kappa shape index (κ1) is 30.4. The monoisotopic (exact) mass is 550 g/mol. The molecule has 0 saturated heterocycles. The number of benzene rings is 2. The highest BCUT2D eigenvalue weighted by Crippen LogP contribution is 2.42. The Bertz CT molecular complexity index is 1170. The number of halogens is 6. The van der Waals surface area contributed by atoms with Crippen LogP contribution in [-0.4, -0.2) is 54.2 Å². The molecule has 2 aromatic rings. The summed E-state index contributed by atoms with van der Waals surface area (Å²) in [5.41, 5.74) is -10.6. The fourth-order valence-corrected chi connectivity index (χ4v) is 3.28. The van der Waals surface area contributed by atoms with Crippen molar-refractivity contribution in [2.24, 2.45) is 0 Å². The van der Waals surface area contributed by atoms with Crippen LogP contribution in [0.2, 0.25) is 0 Å². The van der Waals surface area contributed by atoms with Gasteiger partial charge in [0.2, 0.25) is 0 Å². The van der Waals surface area contributed by atoms with Gasteiger partial charge in [-0.2, -0.15) is 26.3 Å². The molecular formula is C24H24F6N2O6. The number of amides is 1. The van der Waals surface area contributed by atoms with Gasteiger partial charge in [-0.05, 0) is 44.5 Å². The molecule has 0 saturated carbocycles. The van der Waals surface area contributed by atoms with Crippen molar-refractivity contribution in [3.05, 3.63) is 65.2 Å². The summed E-state index contributed by atoms with van der Waals surface area (Å²) in [4.78, 5) is 37.5. The smallest absolute Gasteiger partial charge is 0.441 e. The SMILES string of the molecule is CCOC(=O)C(NC(=O)c1ccccc1)(Nc1cc(C(O)(C(=O)OCC)C(F)(F)F)ccc1C)C(F)(F)F. The third-order valence-corrected chi connectivity index (χ3v) is 5.30. The molecule has 3 N–H and O–H groups in total. The number of hydrogen-bond acceptors (Lipinski definition) is 7. The van der Waals surface area contributed by atoms with Crippen molar-refractivity contribution in [3.8, 4) is 0 Å². The Balaban J connectivity index is 2.73. The molecule has 0 aromatic heterocycles. The van der Waals surface area contributed by atoms with Gasteiger partial charge >= 0.3 is 30.0 Å². The number of carbonyl (C=O) groups excluding carboxylic acids is 3. The molecule has 0 heterocycles. The zero-order chi connectivity index (χ0) is 28.9. The summed E-state index contributed by atoms with van der Waals surface area (Å²) in [6, 6.07) is 8.44. The first-order valence-electron chi connectivity index (χ1n) is 11.0. The largest absolute Gasteiger partial charge is 0.463 e. The Hall–Kier alpha value is -3.81. The van der Waals surface area contributed by atoms with Gasteiger partial charge in [0.05, 0.1) is 13.2 Å². The molecule has 0 spiro atoms. The van der Waals surface area contributed by atoms with E-state index in [1.54, 1.807) is 10.6 Å². The number of nitrogens with one attached hydrogen (secondary N) is 2. The second-order valence-corrected chi connectivity index (χ2v) is 7.87. The average molecular weight is 550 g/mol. The van der Waals surface area contributed by atoms with Gasteiger partial charge in [0.1, 0.15) is 0 Å². The summed E-state index contributed by atoms with van der Waals surface area (Å²) in [5, 5.41) is 13.7. The van der Waals surface area contributed by atoms with Gasteiger partial charge in [-0.25, -0.2) is 9.59 Å². The van der Waals surface area contributed by atoms with E-state index in [1.165, 1.54) is 39.0 Å². The Morgan fingerprint density at radius 3 is 1.89 bits per heavy atom. The van der Waals surface area contributed by atoms with E-state index in [-0.39, 0.29) is 11.1 Å². The van der Waals surface area contributed by atoms with Gasteiger partial charge in [0.15, 0.2) is 0 Å². The number of carbonyl (C=O) groups is 3. The molecule has 2 unspecified atom stereocenters. The van der Waals surface area contributed by atoms with Crippen molar-refractivity contribution in [2.75, 3.05) is 18.5 Å². The van der Waals surface area contributed by atoms with E-state index in [9.17, 15) is 45.8 Å². The number of aryl methyl sites for hydroxylation is 1. The summed E-state index contributed by atoms with van der Waals surface area (Å²) in [5.74, 6) is -5.50. The van der Waals surface area contributed by atoms with Crippen molar-refractivity contribution < 1.29 is 55.3 Å². The van der Waals surface area contributed by atoms with Gasteiger partial charge < -0.3 is 25.2 Å². The minimum Gasteiger partial charge on any atom is -0.463 e. The van der Waals surface area contributed by atoms with Gasteiger partial charge in [-0.1, -0.05) is 30.3 Å². The molecule has 1 amide bonds. The Morgan fingerprint density at radius 1 is 0.842 bits per heavy atom. The average Bonchev–Trinajstić information content (AvgIpc) is 2.83. The molecule has 2 aromatic carbocycles. The molecule has 208 valence electrons. The summed E-state index contributed by atoms with van der Waals surface area (Å²) >= 11 is 0. The number of hydrogen-bond donors (Lipinski definition) is 3. The van der Waals surface area contributed by atoms with E-state index in [2.05, 4.69) is 9.47 Å². The van der Waals surface area contributed by atoms with Crippen molar-refractivity contribution in [1.82, 2.24) is 5.32 Å². The highest BCUT2D eigenvalue weighted by atomic mass is 19.4. The van der Waals surface area contributed by atoms with E-state index < -0.39 is 65.9 Å². The molecule has 8 nitrogen and oxygen atoms in total. The molecule has 2 atom stereocenters. The van der Waals surface area contributed by atoms with Gasteiger partial charge in [0.25, 0.3) is 11.5 Å². The van der Waals surface area contributed by atoms with E-state index in [1.807, 2.05) is 0 Å². The van der Waals surface area contributed by atoms with Gasteiger partial charge in [-0.3, -0.25) is 4.79 Å². The lowest BCUT2D eigenvalue weighted by atomic mass is 9.91. The zero-order valence-corrected chi connectivity index (χ0v) is 20.3. The van der Waals surface area contributed by atoms with Crippen molar-refractivity contribution in [3.63, 3.8) is 0 Å². The van der Waals surface area contributed by atoms with E-state index in [4.69, 9.17) is 0 Å².